The molecule has 2 saturated heterocycles. The van der Waals surface area contributed by atoms with Crippen LogP contribution in [0.4, 0.5) is 10.6 Å². The summed E-state index contributed by atoms with van der Waals surface area (Å²) in [6, 6.07) is 3.48. The first-order valence-corrected chi connectivity index (χ1v) is 15.2. The van der Waals surface area contributed by atoms with Gasteiger partial charge in [0, 0.05) is 37.1 Å². The molecule has 13 nitrogen and oxygen atoms in total. The summed E-state index contributed by atoms with van der Waals surface area (Å²) in [4.78, 5) is 26.0. The van der Waals surface area contributed by atoms with E-state index in [9.17, 15) is 9.59 Å². The number of piperidine rings is 2. The van der Waals surface area contributed by atoms with Gasteiger partial charge in [-0.25, -0.2) is 4.79 Å². The molecule has 4 rings (SSSR count). The van der Waals surface area contributed by atoms with E-state index in [1.807, 2.05) is 41.5 Å². The summed E-state index contributed by atoms with van der Waals surface area (Å²) in [7, 11) is 3.22. The molecule has 0 bridgehead atoms. The summed E-state index contributed by atoms with van der Waals surface area (Å²) in [5.74, 6) is 1.99. The number of nitrogens with two attached hydrogens (primary N) is 1. The van der Waals surface area contributed by atoms with Crippen molar-refractivity contribution in [1.82, 2.24) is 30.6 Å². The summed E-state index contributed by atoms with van der Waals surface area (Å²) in [5.41, 5.74) is 6.71. The van der Waals surface area contributed by atoms with Crippen molar-refractivity contribution in [2.45, 2.75) is 96.7 Å². The van der Waals surface area contributed by atoms with Crippen molar-refractivity contribution in [3.05, 3.63) is 29.2 Å². The Labute approximate surface area is 284 Å². The second-order valence-electron chi connectivity index (χ2n) is 13.0. The minimum atomic E-state index is -0.545. The number of nitrogens with zero attached hydrogens (tertiary/aromatic N) is 5. The molecule has 2 aromatic heterocycles. The smallest absolute Gasteiger partial charge is 0.410 e. The van der Waals surface area contributed by atoms with Crippen LogP contribution in [0.2, 0.25) is 0 Å². The Morgan fingerprint density at radius 2 is 1.30 bits per heavy atom. The first kappa shape index (κ1) is 40.9. The number of hydrogen-bond acceptors (Lipinski definition) is 12. The van der Waals surface area contributed by atoms with Crippen LogP contribution < -0.4 is 20.5 Å². The SMILES string of the molecule is COc1cc(CC(=O)OC(C)(C)C)nnc1C1CCN(C(=O)OC(C)(C)C)CC1.COc1cc(N)nnc1C1CCNCC1.Cl.Cl. The topological polar surface area (TPSA) is 164 Å². The molecule has 2 aliphatic rings. The highest BCUT2D eigenvalue weighted by Crippen LogP contribution is 2.33. The van der Waals surface area contributed by atoms with Crippen molar-refractivity contribution in [3.8, 4) is 11.5 Å². The minimum absolute atomic E-state index is 0. The number of esters is 1. The third-order valence-corrected chi connectivity index (χ3v) is 7.09. The van der Waals surface area contributed by atoms with Gasteiger partial charge < -0.3 is 34.9 Å². The number of carbonyl (C=O) groups excluding carboxylic acids is 2. The quantitative estimate of drug-likeness (QED) is 0.397. The first-order chi connectivity index (χ1) is 20.7. The minimum Gasteiger partial charge on any atom is -0.495 e. The fourth-order valence-corrected chi connectivity index (χ4v) is 5.08. The fraction of sp³-hybridized carbons (Fsp3) is 0.677. The second kappa shape index (κ2) is 18.2. The van der Waals surface area contributed by atoms with Crippen molar-refractivity contribution >= 4 is 42.7 Å². The summed E-state index contributed by atoms with van der Waals surface area (Å²) >= 11 is 0. The molecule has 1 amide bonds. The largest absolute Gasteiger partial charge is 0.495 e. The number of hydrogen-bond donors (Lipinski definition) is 2. The predicted molar refractivity (Wildman–Crippen MR) is 180 cm³/mol. The molecular formula is C31H51Cl2N7O6. The Hall–Kier alpha value is -3.16. The van der Waals surface area contributed by atoms with E-state index in [4.69, 9.17) is 24.7 Å². The van der Waals surface area contributed by atoms with Crippen LogP contribution in [0.1, 0.15) is 96.1 Å². The van der Waals surface area contributed by atoms with Gasteiger partial charge >= 0.3 is 12.1 Å². The molecule has 0 saturated carbocycles. The number of amides is 1. The molecule has 2 aliphatic heterocycles. The maximum Gasteiger partial charge on any atom is 0.410 e. The van der Waals surface area contributed by atoms with Gasteiger partial charge in [0.05, 0.1) is 26.3 Å². The number of nitrogens with one attached hydrogen (secondary N) is 1. The van der Waals surface area contributed by atoms with Gasteiger partial charge in [0.1, 0.15) is 39.9 Å². The zero-order chi connectivity index (χ0) is 32.5. The molecule has 0 spiro atoms. The molecule has 0 radical (unpaired) electrons. The standard InChI is InChI=1S/C21H33N3O5.C10H16N4O.2ClH/c1-20(2,3)28-17(25)13-15-12-16(27-7)18(23-22-15)14-8-10-24(11-9-14)19(26)29-21(4,5)6;1-15-8-6-9(11)13-14-10(8)7-2-4-12-5-3-7;;/h12,14H,8-11,13H2,1-7H3;6-7,12H,2-5H2,1H3,(H2,11,13);2*1H. The lowest BCUT2D eigenvalue weighted by Gasteiger charge is -2.33. The van der Waals surface area contributed by atoms with Crippen LogP contribution in [0.3, 0.4) is 0 Å². The number of likely N-dealkylation sites (tertiary alicyclic amines) is 1. The van der Waals surface area contributed by atoms with Gasteiger partial charge in [-0.3, -0.25) is 4.79 Å². The van der Waals surface area contributed by atoms with Gasteiger partial charge in [-0.2, -0.15) is 10.2 Å². The Kier molecular flexibility index (Phi) is 16.2. The van der Waals surface area contributed by atoms with Crippen molar-refractivity contribution in [1.29, 1.82) is 0 Å². The summed E-state index contributed by atoms with van der Waals surface area (Å²) in [6.45, 7) is 14.3. The first-order valence-electron chi connectivity index (χ1n) is 15.2. The van der Waals surface area contributed by atoms with Crippen molar-refractivity contribution in [2.75, 3.05) is 46.1 Å². The van der Waals surface area contributed by atoms with Gasteiger partial charge in [0.2, 0.25) is 0 Å². The van der Waals surface area contributed by atoms with Crippen LogP contribution in [0.15, 0.2) is 12.1 Å². The molecule has 15 heteroatoms. The fourth-order valence-electron chi connectivity index (χ4n) is 5.08. The van der Waals surface area contributed by atoms with E-state index < -0.39 is 11.2 Å². The molecule has 0 aliphatic carbocycles. The van der Waals surface area contributed by atoms with Crippen LogP contribution in [-0.4, -0.2) is 89.0 Å². The molecule has 3 N–H and O–H groups in total. The van der Waals surface area contributed by atoms with E-state index in [0.29, 0.717) is 36.3 Å². The number of ether oxygens (including phenoxy) is 4. The highest BCUT2D eigenvalue weighted by atomic mass is 35.5. The number of methoxy groups -OCH3 is 2. The molecule has 0 aromatic carbocycles. The van der Waals surface area contributed by atoms with E-state index in [-0.39, 0.29) is 49.2 Å². The Morgan fingerprint density at radius 3 is 1.83 bits per heavy atom. The molecule has 0 atom stereocenters. The van der Waals surface area contributed by atoms with E-state index >= 15 is 0 Å². The molecule has 46 heavy (non-hydrogen) atoms. The lowest BCUT2D eigenvalue weighted by molar-refractivity contribution is -0.154. The zero-order valence-electron chi connectivity index (χ0n) is 28.3. The van der Waals surface area contributed by atoms with Gasteiger partial charge in [0.25, 0.3) is 0 Å². The van der Waals surface area contributed by atoms with Gasteiger partial charge in [-0.05, 0) is 80.3 Å². The summed E-state index contributed by atoms with van der Waals surface area (Å²) in [6.07, 6.45) is 3.40. The number of aromatic nitrogens is 4. The lowest BCUT2D eigenvalue weighted by atomic mass is 9.92. The third kappa shape index (κ3) is 12.9. The van der Waals surface area contributed by atoms with Gasteiger partial charge in [0.15, 0.2) is 0 Å². The molecule has 4 heterocycles. The van der Waals surface area contributed by atoms with Crippen LogP contribution in [-0.2, 0) is 20.7 Å². The predicted octanol–water partition coefficient (Wildman–Crippen LogP) is 4.86. The number of anilines is 1. The number of carbonyl (C=O) groups is 2. The number of nitrogen functional groups attached to an aromatic ring is 1. The molecule has 2 aromatic rings. The number of rotatable bonds is 6. The van der Waals surface area contributed by atoms with Crippen molar-refractivity contribution < 1.29 is 28.5 Å². The van der Waals surface area contributed by atoms with Crippen LogP contribution in [0.25, 0.3) is 0 Å². The van der Waals surface area contributed by atoms with E-state index in [1.54, 1.807) is 31.3 Å². The average Bonchev–Trinajstić information content (AvgIpc) is 2.96. The lowest BCUT2D eigenvalue weighted by Crippen LogP contribution is -2.41. The van der Waals surface area contributed by atoms with Crippen LogP contribution >= 0.6 is 24.8 Å². The van der Waals surface area contributed by atoms with Crippen molar-refractivity contribution in [3.63, 3.8) is 0 Å². The van der Waals surface area contributed by atoms with Crippen LogP contribution in [0, 0.1) is 0 Å². The van der Waals surface area contributed by atoms with E-state index in [2.05, 4.69) is 25.7 Å². The van der Waals surface area contributed by atoms with Crippen molar-refractivity contribution in [2.24, 2.45) is 0 Å². The Balaban J connectivity index is 0.000000525. The average molecular weight is 689 g/mol. The summed E-state index contributed by atoms with van der Waals surface area (Å²) in [5, 5.41) is 19.9. The van der Waals surface area contributed by atoms with Gasteiger partial charge in [-0.1, -0.05) is 0 Å². The molecule has 0 unspecified atom stereocenters. The van der Waals surface area contributed by atoms with Gasteiger partial charge in [-0.15, -0.1) is 35.0 Å². The highest BCUT2D eigenvalue weighted by Gasteiger charge is 2.30. The molecule has 2 fully saturated rings. The third-order valence-electron chi connectivity index (χ3n) is 7.09. The van der Waals surface area contributed by atoms with Crippen LogP contribution in [0.5, 0.6) is 11.5 Å². The summed E-state index contributed by atoms with van der Waals surface area (Å²) < 4.78 is 21.6. The zero-order valence-corrected chi connectivity index (χ0v) is 29.9. The maximum atomic E-state index is 12.2. The van der Waals surface area contributed by atoms with E-state index in [1.165, 1.54) is 0 Å². The van der Waals surface area contributed by atoms with E-state index in [0.717, 1.165) is 55.9 Å². The molecule has 260 valence electrons. The maximum absolute atomic E-state index is 12.2. The number of halogens is 2. The monoisotopic (exact) mass is 687 g/mol. The Bertz CT molecular complexity index is 1260. The second-order valence-corrected chi connectivity index (χ2v) is 13.0. The molecular weight excluding hydrogens is 637 g/mol. The Morgan fingerprint density at radius 1 is 0.804 bits per heavy atom. The normalized spacial score (nSPS) is 15.7. The highest BCUT2D eigenvalue weighted by molar-refractivity contribution is 5.85.